The Morgan fingerprint density at radius 3 is 2.52 bits per heavy atom. The van der Waals surface area contributed by atoms with Crippen molar-refractivity contribution in [3.63, 3.8) is 0 Å². The first-order chi connectivity index (χ1) is 10.0. The Bertz CT molecular complexity index is 516. The highest BCUT2D eigenvalue weighted by Crippen LogP contribution is 2.33. The number of anilines is 1. The minimum atomic E-state index is 0.00710. The molecule has 0 heterocycles. The van der Waals surface area contributed by atoms with E-state index in [0.717, 1.165) is 30.5 Å². The Hall–Kier alpha value is -1.75. The number of ether oxygens (including phenoxy) is 2. The number of nitrogens with one attached hydrogen (secondary N) is 1. The predicted molar refractivity (Wildman–Crippen MR) is 82.8 cm³/mol. The fourth-order valence-electron chi connectivity index (χ4n) is 2.87. The topological polar surface area (TPSA) is 73.6 Å². The van der Waals surface area contributed by atoms with Crippen LogP contribution in [0.4, 0.5) is 5.69 Å². The second-order valence-corrected chi connectivity index (χ2v) is 5.63. The van der Waals surface area contributed by atoms with Crippen LogP contribution in [0.1, 0.15) is 31.2 Å². The van der Waals surface area contributed by atoms with E-state index in [4.69, 9.17) is 15.2 Å². The standard InChI is InChI=1S/C16H24N2O3/c1-10-7-14(20-2)15(21-3)9-13(10)18-16(19)8-11-5-4-6-12(11)17/h7,9,11-12H,4-6,8,17H2,1-3H3,(H,18,19)/t11-,12+/m0/s1. The van der Waals surface area contributed by atoms with Crippen molar-refractivity contribution in [1.29, 1.82) is 0 Å². The summed E-state index contributed by atoms with van der Waals surface area (Å²) in [5.41, 5.74) is 7.71. The number of rotatable bonds is 5. The molecule has 0 aromatic heterocycles. The molecule has 1 aliphatic rings. The highest BCUT2D eigenvalue weighted by molar-refractivity contribution is 5.92. The van der Waals surface area contributed by atoms with Gasteiger partial charge in [0.05, 0.1) is 14.2 Å². The normalized spacial score (nSPS) is 21.1. The molecule has 2 rings (SSSR count). The second kappa shape index (κ2) is 6.80. The summed E-state index contributed by atoms with van der Waals surface area (Å²) in [4.78, 5) is 12.2. The molecule has 1 saturated carbocycles. The van der Waals surface area contributed by atoms with E-state index in [1.165, 1.54) is 0 Å². The Morgan fingerprint density at radius 2 is 1.95 bits per heavy atom. The minimum Gasteiger partial charge on any atom is -0.493 e. The van der Waals surface area contributed by atoms with Crippen LogP contribution in [0.5, 0.6) is 11.5 Å². The molecule has 2 atom stereocenters. The summed E-state index contributed by atoms with van der Waals surface area (Å²) < 4.78 is 10.5. The van der Waals surface area contributed by atoms with Gasteiger partial charge < -0.3 is 20.5 Å². The van der Waals surface area contributed by atoms with Gasteiger partial charge in [0.2, 0.25) is 5.91 Å². The number of aryl methyl sites for hydroxylation is 1. The van der Waals surface area contributed by atoms with E-state index >= 15 is 0 Å². The van der Waals surface area contributed by atoms with Gasteiger partial charge in [-0.15, -0.1) is 0 Å². The molecule has 5 nitrogen and oxygen atoms in total. The Balaban J connectivity index is 2.06. The summed E-state index contributed by atoms with van der Waals surface area (Å²) in [6, 6.07) is 3.80. The summed E-state index contributed by atoms with van der Waals surface area (Å²) in [5.74, 6) is 1.57. The van der Waals surface area contributed by atoms with Gasteiger partial charge in [-0.1, -0.05) is 6.42 Å². The van der Waals surface area contributed by atoms with Crippen LogP contribution in [0.15, 0.2) is 12.1 Å². The van der Waals surface area contributed by atoms with Crippen LogP contribution in [-0.2, 0) is 4.79 Å². The van der Waals surface area contributed by atoms with E-state index in [9.17, 15) is 4.79 Å². The van der Waals surface area contributed by atoms with Crippen LogP contribution >= 0.6 is 0 Å². The fraction of sp³-hybridized carbons (Fsp3) is 0.562. The number of carbonyl (C=O) groups excluding carboxylic acids is 1. The number of hydrogen-bond acceptors (Lipinski definition) is 4. The smallest absolute Gasteiger partial charge is 0.224 e. The van der Waals surface area contributed by atoms with Crippen LogP contribution in [-0.4, -0.2) is 26.2 Å². The zero-order valence-electron chi connectivity index (χ0n) is 12.9. The third kappa shape index (κ3) is 3.67. The maximum Gasteiger partial charge on any atom is 0.224 e. The summed E-state index contributed by atoms with van der Waals surface area (Å²) >= 11 is 0. The molecule has 0 radical (unpaired) electrons. The van der Waals surface area contributed by atoms with E-state index in [-0.39, 0.29) is 11.9 Å². The molecular formula is C16H24N2O3. The van der Waals surface area contributed by atoms with E-state index in [2.05, 4.69) is 5.32 Å². The van der Waals surface area contributed by atoms with Gasteiger partial charge in [-0.2, -0.15) is 0 Å². The van der Waals surface area contributed by atoms with Gasteiger partial charge in [0.1, 0.15) is 0 Å². The molecule has 5 heteroatoms. The van der Waals surface area contributed by atoms with Gasteiger partial charge in [0.15, 0.2) is 11.5 Å². The van der Waals surface area contributed by atoms with E-state index in [0.29, 0.717) is 23.8 Å². The first kappa shape index (κ1) is 15.6. The molecule has 1 amide bonds. The number of methoxy groups -OCH3 is 2. The third-order valence-corrected chi connectivity index (χ3v) is 4.17. The monoisotopic (exact) mass is 292 g/mol. The fourth-order valence-corrected chi connectivity index (χ4v) is 2.87. The molecule has 0 bridgehead atoms. The minimum absolute atomic E-state index is 0.00710. The Kier molecular flexibility index (Phi) is 5.07. The molecule has 1 fully saturated rings. The Morgan fingerprint density at radius 1 is 1.29 bits per heavy atom. The molecule has 1 aliphatic carbocycles. The molecule has 0 unspecified atom stereocenters. The number of hydrogen-bond donors (Lipinski definition) is 2. The molecule has 1 aromatic rings. The maximum atomic E-state index is 12.2. The molecule has 0 saturated heterocycles. The lowest BCUT2D eigenvalue weighted by atomic mass is 10.00. The van der Waals surface area contributed by atoms with Crippen LogP contribution in [0.2, 0.25) is 0 Å². The largest absolute Gasteiger partial charge is 0.493 e. The van der Waals surface area contributed by atoms with Crippen molar-refractivity contribution in [2.45, 2.75) is 38.6 Å². The SMILES string of the molecule is COc1cc(C)c(NC(=O)C[C@@H]2CCC[C@H]2N)cc1OC. The lowest BCUT2D eigenvalue weighted by Gasteiger charge is -2.17. The molecule has 21 heavy (non-hydrogen) atoms. The number of amides is 1. The van der Waals surface area contributed by atoms with E-state index < -0.39 is 0 Å². The highest BCUT2D eigenvalue weighted by atomic mass is 16.5. The van der Waals surface area contributed by atoms with E-state index in [1.807, 2.05) is 13.0 Å². The summed E-state index contributed by atoms with van der Waals surface area (Å²) in [6.45, 7) is 1.93. The highest BCUT2D eigenvalue weighted by Gasteiger charge is 2.26. The molecular weight excluding hydrogens is 268 g/mol. The molecule has 1 aromatic carbocycles. The zero-order valence-corrected chi connectivity index (χ0v) is 12.9. The van der Waals surface area contributed by atoms with Crippen LogP contribution in [0.25, 0.3) is 0 Å². The maximum absolute atomic E-state index is 12.2. The lowest BCUT2D eigenvalue weighted by molar-refractivity contribution is -0.117. The van der Waals surface area contributed by atoms with Gasteiger partial charge in [-0.25, -0.2) is 0 Å². The summed E-state index contributed by atoms with van der Waals surface area (Å²) in [5, 5.41) is 2.95. The van der Waals surface area contributed by atoms with Gasteiger partial charge in [0.25, 0.3) is 0 Å². The van der Waals surface area contributed by atoms with Crippen LogP contribution in [0, 0.1) is 12.8 Å². The third-order valence-electron chi connectivity index (χ3n) is 4.17. The van der Waals surface area contributed by atoms with Gasteiger partial charge in [-0.3, -0.25) is 4.79 Å². The first-order valence-corrected chi connectivity index (χ1v) is 7.33. The molecule has 0 spiro atoms. The Labute approximate surface area is 125 Å². The first-order valence-electron chi connectivity index (χ1n) is 7.33. The van der Waals surface area contributed by atoms with Crippen molar-refractivity contribution in [2.24, 2.45) is 11.7 Å². The number of benzene rings is 1. The average molecular weight is 292 g/mol. The summed E-state index contributed by atoms with van der Waals surface area (Å²) in [6.07, 6.45) is 3.66. The zero-order chi connectivity index (χ0) is 15.4. The van der Waals surface area contributed by atoms with Crippen molar-refractivity contribution in [3.8, 4) is 11.5 Å². The van der Waals surface area contributed by atoms with Crippen molar-refractivity contribution < 1.29 is 14.3 Å². The number of nitrogens with two attached hydrogens (primary N) is 1. The number of carbonyl (C=O) groups is 1. The van der Waals surface area contributed by atoms with Crippen molar-refractivity contribution in [2.75, 3.05) is 19.5 Å². The van der Waals surface area contributed by atoms with Gasteiger partial charge in [-0.05, 0) is 37.3 Å². The average Bonchev–Trinajstić information content (AvgIpc) is 2.85. The van der Waals surface area contributed by atoms with E-state index in [1.54, 1.807) is 20.3 Å². The molecule has 116 valence electrons. The lowest BCUT2D eigenvalue weighted by Crippen LogP contribution is -2.28. The molecule has 3 N–H and O–H groups in total. The quantitative estimate of drug-likeness (QED) is 0.874. The van der Waals surface area contributed by atoms with Crippen molar-refractivity contribution in [3.05, 3.63) is 17.7 Å². The van der Waals surface area contributed by atoms with Gasteiger partial charge >= 0.3 is 0 Å². The second-order valence-electron chi connectivity index (χ2n) is 5.63. The predicted octanol–water partition coefficient (Wildman–Crippen LogP) is 2.47. The van der Waals surface area contributed by atoms with Crippen molar-refractivity contribution in [1.82, 2.24) is 0 Å². The van der Waals surface area contributed by atoms with Crippen LogP contribution in [0.3, 0.4) is 0 Å². The van der Waals surface area contributed by atoms with Gasteiger partial charge in [0, 0.05) is 24.2 Å². The van der Waals surface area contributed by atoms with Crippen molar-refractivity contribution >= 4 is 11.6 Å². The summed E-state index contributed by atoms with van der Waals surface area (Å²) in [7, 11) is 3.17. The molecule has 0 aliphatic heterocycles. The van der Waals surface area contributed by atoms with Crippen LogP contribution < -0.4 is 20.5 Å².